The number of unbranched alkanes of at least 4 members (excludes halogenated alkanes) is 14. The maximum Gasteiger partial charge on any atom is 0.206 e. The minimum Gasteiger partial charge on any atom is -0.385 e. The molecule has 2 aromatic rings. The van der Waals surface area contributed by atoms with Gasteiger partial charge in [-0.15, -0.1) is 0 Å². The molecule has 37 heavy (non-hydrogen) atoms. The molecule has 0 aliphatic rings. The fraction of sp³-hybridized carbons (Fsp3) is 0.625. The van der Waals surface area contributed by atoms with Crippen LogP contribution in [0.5, 0.6) is 0 Å². The van der Waals surface area contributed by atoms with Crippen LogP contribution in [0, 0.1) is 0 Å². The van der Waals surface area contributed by atoms with Crippen molar-refractivity contribution in [3.8, 4) is 0 Å². The summed E-state index contributed by atoms with van der Waals surface area (Å²) in [7, 11) is -3.56. The Morgan fingerprint density at radius 2 is 0.865 bits per heavy atom. The van der Waals surface area contributed by atoms with Gasteiger partial charge < -0.3 is 10.6 Å². The highest BCUT2D eigenvalue weighted by atomic mass is 32.2. The zero-order valence-electron chi connectivity index (χ0n) is 23.6. The Balaban J connectivity index is 1.77. The van der Waals surface area contributed by atoms with Gasteiger partial charge in [-0.2, -0.15) is 0 Å². The van der Waals surface area contributed by atoms with Gasteiger partial charge in [0.15, 0.2) is 0 Å². The van der Waals surface area contributed by atoms with Gasteiger partial charge in [-0.05, 0) is 49.2 Å². The number of anilines is 2. The molecule has 0 unspecified atom stereocenters. The largest absolute Gasteiger partial charge is 0.385 e. The van der Waals surface area contributed by atoms with E-state index in [1.165, 1.54) is 89.9 Å². The lowest BCUT2D eigenvalue weighted by atomic mass is 10.1. The summed E-state index contributed by atoms with van der Waals surface area (Å²) >= 11 is 0. The Morgan fingerprint density at radius 1 is 0.514 bits per heavy atom. The van der Waals surface area contributed by atoms with Gasteiger partial charge in [0.05, 0.1) is 9.79 Å². The molecule has 0 spiro atoms. The SMILES string of the molecule is CCCCCCCCCCNc1cccc(S(=O)(=O)c2cccc(NCCCCCCCCCC)c2)c1. The molecule has 2 aromatic carbocycles. The van der Waals surface area contributed by atoms with Gasteiger partial charge in [0, 0.05) is 24.5 Å². The Labute approximate surface area is 228 Å². The Bertz CT molecular complexity index is 887. The van der Waals surface area contributed by atoms with Crippen molar-refractivity contribution >= 4 is 21.2 Å². The van der Waals surface area contributed by atoms with Crippen molar-refractivity contribution in [1.29, 1.82) is 0 Å². The molecule has 0 fully saturated rings. The second kappa shape index (κ2) is 19.1. The first-order valence-electron chi connectivity index (χ1n) is 15.0. The van der Waals surface area contributed by atoms with Gasteiger partial charge in [0.1, 0.15) is 0 Å². The molecule has 0 aliphatic heterocycles. The lowest BCUT2D eigenvalue weighted by Gasteiger charge is -2.11. The number of hydrogen-bond acceptors (Lipinski definition) is 4. The number of benzene rings is 2. The molecule has 0 atom stereocenters. The van der Waals surface area contributed by atoms with Crippen LogP contribution in [-0.2, 0) is 9.84 Å². The van der Waals surface area contributed by atoms with Crippen LogP contribution >= 0.6 is 0 Å². The van der Waals surface area contributed by atoms with E-state index in [1.807, 2.05) is 24.3 Å². The van der Waals surface area contributed by atoms with Crippen LogP contribution in [0.15, 0.2) is 58.3 Å². The summed E-state index contributed by atoms with van der Waals surface area (Å²) in [5, 5.41) is 6.83. The van der Waals surface area contributed by atoms with E-state index in [4.69, 9.17) is 0 Å². The van der Waals surface area contributed by atoms with E-state index < -0.39 is 9.84 Å². The fourth-order valence-corrected chi connectivity index (χ4v) is 6.02. The molecular formula is C32H52N2O2S. The van der Waals surface area contributed by atoms with E-state index in [-0.39, 0.29) is 0 Å². The van der Waals surface area contributed by atoms with Crippen LogP contribution in [0.3, 0.4) is 0 Å². The highest BCUT2D eigenvalue weighted by molar-refractivity contribution is 7.91. The van der Waals surface area contributed by atoms with Crippen LogP contribution in [0.25, 0.3) is 0 Å². The smallest absolute Gasteiger partial charge is 0.206 e. The average Bonchev–Trinajstić information content (AvgIpc) is 2.91. The first-order chi connectivity index (χ1) is 18.1. The third-order valence-electron chi connectivity index (χ3n) is 7.01. The van der Waals surface area contributed by atoms with E-state index >= 15 is 0 Å². The van der Waals surface area contributed by atoms with Gasteiger partial charge in [-0.3, -0.25) is 0 Å². The van der Waals surface area contributed by atoms with Gasteiger partial charge in [-0.1, -0.05) is 116 Å². The summed E-state index contributed by atoms with van der Waals surface area (Å²) in [5.41, 5.74) is 1.74. The topological polar surface area (TPSA) is 58.2 Å². The molecule has 0 radical (unpaired) electrons. The minimum atomic E-state index is -3.56. The summed E-state index contributed by atoms with van der Waals surface area (Å²) in [4.78, 5) is 0.683. The average molecular weight is 529 g/mol. The predicted molar refractivity (Wildman–Crippen MR) is 161 cm³/mol. The normalized spacial score (nSPS) is 11.5. The second-order valence-corrected chi connectivity index (χ2v) is 12.3. The first-order valence-corrected chi connectivity index (χ1v) is 16.5. The third-order valence-corrected chi connectivity index (χ3v) is 8.76. The standard InChI is InChI=1S/C32H52N2O2S/c1-3-5-7-9-11-13-15-17-25-33-29-21-19-23-31(27-29)37(35,36)32-24-20-22-30(28-32)34-26-18-16-14-12-10-8-6-4-2/h19-24,27-28,33-34H,3-18,25-26H2,1-2H3. The molecule has 5 heteroatoms. The van der Waals surface area contributed by atoms with E-state index in [0.717, 1.165) is 37.3 Å². The summed E-state index contributed by atoms with van der Waals surface area (Å²) in [6, 6.07) is 14.5. The van der Waals surface area contributed by atoms with Crippen LogP contribution in [0.2, 0.25) is 0 Å². The summed E-state index contributed by atoms with van der Waals surface area (Å²) < 4.78 is 26.7. The molecule has 0 aromatic heterocycles. The lowest BCUT2D eigenvalue weighted by molar-refractivity contribution is 0.581. The zero-order chi connectivity index (χ0) is 26.6. The van der Waals surface area contributed by atoms with Crippen molar-refractivity contribution in [3.63, 3.8) is 0 Å². The number of sulfone groups is 1. The molecule has 208 valence electrons. The Hall–Kier alpha value is -2.01. The van der Waals surface area contributed by atoms with Crippen molar-refractivity contribution in [1.82, 2.24) is 0 Å². The van der Waals surface area contributed by atoms with Gasteiger partial charge in [-0.25, -0.2) is 8.42 Å². The molecule has 4 nitrogen and oxygen atoms in total. The maximum absolute atomic E-state index is 13.3. The molecule has 0 saturated carbocycles. The van der Waals surface area contributed by atoms with E-state index in [9.17, 15) is 8.42 Å². The summed E-state index contributed by atoms with van der Waals surface area (Å²) in [6.07, 6.45) is 20.5. The van der Waals surface area contributed by atoms with Crippen molar-refractivity contribution in [2.45, 2.75) is 126 Å². The highest BCUT2D eigenvalue weighted by Gasteiger charge is 2.18. The van der Waals surface area contributed by atoms with E-state index in [0.29, 0.717) is 9.79 Å². The first kappa shape index (κ1) is 31.2. The van der Waals surface area contributed by atoms with Crippen LogP contribution < -0.4 is 10.6 Å². The van der Waals surface area contributed by atoms with Crippen LogP contribution in [0.1, 0.15) is 117 Å². The van der Waals surface area contributed by atoms with Crippen LogP contribution in [-0.4, -0.2) is 21.5 Å². The Kier molecular flexibility index (Phi) is 16.1. The minimum absolute atomic E-state index is 0.341. The molecule has 0 bridgehead atoms. The van der Waals surface area contributed by atoms with E-state index in [1.54, 1.807) is 24.3 Å². The number of nitrogens with one attached hydrogen (secondary N) is 2. The van der Waals surface area contributed by atoms with Crippen molar-refractivity contribution in [2.24, 2.45) is 0 Å². The summed E-state index contributed by atoms with van der Waals surface area (Å²) in [5.74, 6) is 0. The molecule has 0 heterocycles. The second-order valence-electron chi connectivity index (χ2n) is 10.4. The summed E-state index contributed by atoms with van der Waals surface area (Å²) in [6.45, 7) is 6.24. The molecule has 2 N–H and O–H groups in total. The van der Waals surface area contributed by atoms with Gasteiger partial charge in [0.2, 0.25) is 9.84 Å². The maximum atomic E-state index is 13.3. The van der Waals surface area contributed by atoms with E-state index in [2.05, 4.69) is 24.5 Å². The molecule has 2 rings (SSSR count). The molecule has 0 aliphatic carbocycles. The van der Waals surface area contributed by atoms with Crippen LogP contribution in [0.4, 0.5) is 11.4 Å². The fourth-order valence-electron chi connectivity index (χ4n) is 4.67. The van der Waals surface area contributed by atoms with Gasteiger partial charge >= 0.3 is 0 Å². The zero-order valence-corrected chi connectivity index (χ0v) is 24.4. The lowest BCUT2D eigenvalue weighted by Crippen LogP contribution is -2.06. The van der Waals surface area contributed by atoms with Crippen molar-refractivity contribution < 1.29 is 8.42 Å². The third kappa shape index (κ3) is 12.9. The number of hydrogen-bond donors (Lipinski definition) is 2. The number of rotatable bonds is 22. The van der Waals surface area contributed by atoms with Crippen molar-refractivity contribution in [3.05, 3.63) is 48.5 Å². The Morgan fingerprint density at radius 3 is 1.24 bits per heavy atom. The molecule has 0 amide bonds. The van der Waals surface area contributed by atoms with Crippen molar-refractivity contribution in [2.75, 3.05) is 23.7 Å². The van der Waals surface area contributed by atoms with Gasteiger partial charge in [0.25, 0.3) is 0 Å². The monoisotopic (exact) mass is 528 g/mol. The predicted octanol–water partition coefficient (Wildman–Crippen LogP) is 9.62. The highest BCUT2D eigenvalue weighted by Crippen LogP contribution is 2.25. The quantitative estimate of drug-likeness (QED) is 0.149. The molecular weight excluding hydrogens is 476 g/mol. The molecule has 0 saturated heterocycles.